The Hall–Kier alpha value is -7.18. The van der Waals surface area contributed by atoms with Gasteiger partial charge in [-0.3, -0.25) is 9.13 Å². The molecule has 6 heteroatoms. The summed E-state index contributed by atoms with van der Waals surface area (Å²) in [6.07, 6.45) is 3.76. The number of para-hydroxylation sites is 4. The molecule has 0 saturated carbocycles. The molecule has 0 saturated heterocycles. The smallest absolute Gasteiger partial charge is 0.181 e. The van der Waals surface area contributed by atoms with E-state index in [4.69, 9.17) is 18.8 Å². The number of fused-ring (bicyclic) bond motifs is 12. The van der Waals surface area contributed by atoms with Gasteiger partial charge in [0.2, 0.25) is 0 Å². The first-order valence-electron chi connectivity index (χ1n) is 17.4. The van der Waals surface area contributed by atoms with Crippen LogP contribution in [0.4, 0.5) is 0 Å². The fourth-order valence-electron chi connectivity index (χ4n) is 8.36. The van der Waals surface area contributed by atoms with Crippen molar-refractivity contribution >= 4 is 87.5 Å². The van der Waals surface area contributed by atoms with Crippen molar-refractivity contribution in [2.24, 2.45) is 0 Å². The third-order valence-electron chi connectivity index (χ3n) is 10.7. The van der Waals surface area contributed by atoms with Gasteiger partial charge in [-0.05, 0) is 71.8 Å². The van der Waals surface area contributed by atoms with Crippen molar-refractivity contribution in [3.63, 3.8) is 0 Å². The third-order valence-corrected chi connectivity index (χ3v) is 10.7. The molecule has 12 aromatic rings. The molecule has 0 N–H and O–H groups in total. The zero-order valence-electron chi connectivity index (χ0n) is 27.6. The summed E-state index contributed by atoms with van der Waals surface area (Å²) in [5.41, 5.74) is 9.88. The highest BCUT2D eigenvalue weighted by molar-refractivity contribution is 6.15. The Morgan fingerprint density at radius 3 is 1.23 bits per heavy atom. The molecule has 0 amide bonds. The monoisotopic (exact) mass is 666 g/mol. The summed E-state index contributed by atoms with van der Waals surface area (Å²) < 4.78 is 17.4. The maximum absolute atomic E-state index is 6.45. The van der Waals surface area contributed by atoms with E-state index >= 15 is 0 Å². The second-order valence-corrected chi connectivity index (χ2v) is 13.4. The van der Waals surface area contributed by atoms with Crippen molar-refractivity contribution < 1.29 is 8.83 Å². The molecule has 0 aliphatic rings. The van der Waals surface area contributed by atoms with E-state index in [1.54, 1.807) is 0 Å². The van der Waals surface area contributed by atoms with Crippen molar-refractivity contribution in [3.05, 3.63) is 158 Å². The van der Waals surface area contributed by atoms with Crippen LogP contribution >= 0.6 is 0 Å². The van der Waals surface area contributed by atoms with Gasteiger partial charge in [-0.15, -0.1) is 0 Å². The van der Waals surface area contributed by atoms with E-state index in [9.17, 15) is 0 Å². The summed E-state index contributed by atoms with van der Waals surface area (Å²) in [7, 11) is 0. The summed E-state index contributed by atoms with van der Waals surface area (Å²) in [6.45, 7) is 0. The average Bonchev–Trinajstić information content (AvgIpc) is 3.95. The lowest BCUT2D eigenvalue weighted by atomic mass is 10.0. The van der Waals surface area contributed by atoms with Crippen LogP contribution in [0, 0.1) is 0 Å². The van der Waals surface area contributed by atoms with Gasteiger partial charge in [0.25, 0.3) is 0 Å². The molecule has 242 valence electrons. The van der Waals surface area contributed by atoms with E-state index < -0.39 is 0 Å². The predicted molar refractivity (Wildman–Crippen MR) is 211 cm³/mol. The molecule has 0 aliphatic carbocycles. The van der Waals surface area contributed by atoms with Crippen LogP contribution in [0.3, 0.4) is 0 Å². The lowest BCUT2D eigenvalue weighted by molar-refractivity contribution is 0.663. The number of rotatable bonds is 3. The lowest BCUT2D eigenvalue weighted by Gasteiger charge is -2.09. The first-order chi connectivity index (χ1) is 25.8. The number of hydrogen-bond donors (Lipinski definition) is 0. The molecule has 6 nitrogen and oxygen atoms in total. The van der Waals surface area contributed by atoms with Crippen molar-refractivity contribution in [3.8, 4) is 22.8 Å². The maximum atomic E-state index is 6.45. The maximum Gasteiger partial charge on any atom is 0.181 e. The molecular weight excluding hydrogens is 641 g/mol. The minimum Gasteiger partial charge on any atom is -0.452 e. The Kier molecular flexibility index (Phi) is 5.41. The summed E-state index contributed by atoms with van der Waals surface area (Å²) in [5.74, 6) is 1.57. The summed E-state index contributed by atoms with van der Waals surface area (Å²) in [4.78, 5) is 9.80. The second-order valence-electron chi connectivity index (χ2n) is 13.4. The van der Waals surface area contributed by atoms with E-state index in [2.05, 4.69) is 106 Å². The molecule has 0 fully saturated rings. The summed E-state index contributed by atoms with van der Waals surface area (Å²) in [5, 5.41) is 8.94. The average molecular weight is 667 g/mol. The van der Waals surface area contributed by atoms with Crippen LogP contribution in [0.2, 0.25) is 0 Å². The Morgan fingerprint density at radius 1 is 0.346 bits per heavy atom. The Balaban J connectivity index is 1.07. The van der Waals surface area contributed by atoms with Gasteiger partial charge < -0.3 is 8.83 Å². The molecular formula is C46H26N4O2. The highest BCUT2D eigenvalue weighted by Crippen LogP contribution is 2.41. The van der Waals surface area contributed by atoms with Crippen LogP contribution in [0.5, 0.6) is 0 Å². The van der Waals surface area contributed by atoms with Crippen LogP contribution in [0.1, 0.15) is 0 Å². The zero-order chi connectivity index (χ0) is 33.9. The van der Waals surface area contributed by atoms with Gasteiger partial charge in [0, 0.05) is 55.5 Å². The molecule has 6 heterocycles. The number of nitrogens with zero attached hydrogens (tertiary/aromatic N) is 4. The van der Waals surface area contributed by atoms with E-state index in [0.29, 0.717) is 0 Å². The van der Waals surface area contributed by atoms with Crippen LogP contribution in [0.15, 0.2) is 167 Å². The summed E-state index contributed by atoms with van der Waals surface area (Å²) >= 11 is 0. The van der Waals surface area contributed by atoms with Crippen molar-refractivity contribution in [2.45, 2.75) is 0 Å². The van der Waals surface area contributed by atoms with Gasteiger partial charge in [-0.2, -0.15) is 0 Å². The lowest BCUT2D eigenvalue weighted by Crippen LogP contribution is -1.97. The number of benzene rings is 6. The van der Waals surface area contributed by atoms with Gasteiger partial charge in [-0.1, -0.05) is 84.9 Å². The Bertz CT molecular complexity index is 3200. The number of furan rings is 2. The normalized spacial score (nSPS) is 12.2. The molecule has 6 aromatic carbocycles. The van der Waals surface area contributed by atoms with Crippen molar-refractivity contribution in [2.75, 3.05) is 0 Å². The Labute approximate surface area is 295 Å². The molecule has 0 aliphatic heterocycles. The fraction of sp³-hybridized carbons (Fsp3) is 0. The molecule has 0 radical (unpaired) electrons. The third kappa shape index (κ3) is 3.67. The number of pyridine rings is 2. The predicted octanol–water partition coefficient (Wildman–Crippen LogP) is 12.1. The molecule has 0 atom stereocenters. The van der Waals surface area contributed by atoms with Crippen molar-refractivity contribution in [1.82, 2.24) is 19.1 Å². The standard InChI is InChI=1S/C46H26N4O2/c1-5-13-37-29(9-1)35-25-27(17-19-39(35)49(37)45-43-33(21-23-47-45)31-11-3-7-15-41(31)51-43)28-18-20-40-36(26-28)30-10-2-6-14-38(30)50(40)46-44-34(22-24-48-46)32-12-4-8-16-42(32)52-44/h1-26H. The molecule has 12 rings (SSSR count). The van der Waals surface area contributed by atoms with E-state index in [1.807, 2.05) is 60.9 Å². The van der Waals surface area contributed by atoms with Gasteiger partial charge in [-0.25, -0.2) is 9.97 Å². The highest BCUT2D eigenvalue weighted by atomic mass is 16.3. The molecule has 6 aromatic heterocycles. The number of aromatic nitrogens is 4. The largest absolute Gasteiger partial charge is 0.452 e. The quantitative estimate of drug-likeness (QED) is 0.188. The fourth-order valence-corrected chi connectivity index (χ4v) is 8.36. The molecule has 0 spiro atoms. The highest BCUT2D eigenvalue weighted by Gasteiger charge is 2.21. The van der Waals surface area contributed by atoms with Crippen LogP contribution in [0.25, 0.3) is 110 Å². The minimum atomic E-state index is 0.783. The second kappa shape index (κ2) is 10.2. The zero-order valence-corrected chi connectivity index (χ0v) is 27.6. The first kappa shape index (κ1) is 27.6. The van der Waals surface area contributed by atoms with E-state index in [1.165, 1.54) is 0 Å². The van der Waals surface area contributed by atoms with Gasteiger partial charge >= 0.3 is 0 Å². The molecule has 0 unspecified atom stereocenters. The van der Waals surface area contributed by atoms with Crippen LogP contribution in [-0.2, 0) is 0 Å². The van der Waals surface area contributed by atoms with Gasteiger partial charge in [0.15, 0.2) is 22.8 Å². The van der Waals surface area contributed by atoms with Gasteiger partial charge in [0.05, 0.1) is 22.1 Å². The molecule has 52 heavy (non-hydrogen) atoms. The van der Waals surface area contributed by atoms with Crippen molar-refractivity contribution in [1.29, 1.82) is 0 Å². The first-order valence-corrected chi connectivity index (χ1v) is 17.4. The number of hydrogen-bond acceptors (Lipinski definition) is 4. The molecule has 0 bridgehead atoms. The van der Waals surface area contributed by atoms with Gasteiger partial charge in [0.1, 0.15) is 11.2 Å². The van der Waals surface area contributed by atoms with E-state index in [-0.39, 0.29) is 0 Å². The SMILES string of the molecule is c1ccc2c(c1)oc1c(-n3c4ccccc4c4cc(-c5ccc6c(c5)c5ccccc5n6-c5nccc6c5oc5ccccc56)ccc43)nccc12. The van der Waals surface area contributed by atoms with E-state index in [0.717, 1.165) is 110 Å². The summed E-state index contributed by atoms with van der Waals surface area (Å²) in [6, 6.07) is 51.0. The minimum absolute atomic E-state index is 0.783. The van der Waals surface area contributed by atoms with Crippen LogP contribution in [-0.4, -0.2) is 19.1 Å². The van der Waals surface area contributed by atoms with Crippen LogP contribution < -0.4 is 0 Å². The topological polar surface area (TPSA) is 61.9 Å². The Morgan fingerprint density at radius 2 is 0.750 bits per heavy atom.